The standard InChI is InChI=1S/C10H16N2O3/c1-7-8(5-4-6-13)9(10(14)15-3)11-12(7)2/h13H,4-6H2,1-3H3. The lowest BCUT2D eigenvalue weighted by Crippen LogP contribution is -2.06. The molecule has 0 amide bonds. The molecule has 0 saturated carbocycles. The summed E-state index contributed by atoms with van der Waals surface area (Å²) in [5, 5.41) is 12.9. The Kier molecular flexibility index (Phi) is 3.85. The molecule has 0 atom stereocenters. The Morgan fingerprint density at radius 2 is 2.27 bits per heavy atom. The van der Waals surface area contributed by atoms with Crippen molar-refractivity contribution < 1.29 is 14.6 Å². The van der Waals surface area contributed by atoms with E-state index in [2.05, 4.69) is 9.84 Å². The number of carbonyl (C=O) groups excluding carboxylic acids is 1. The van der Waals surface area contributed by atoms with Gasteiger partial charge in [0, 0.05) is 24.9 Å². The van der Waals surface area contributed by atoms with Crippen LogP contribution in [0.3, 0.4) is 0 Å². The van der Waals surface area contributed by atoms with Gasteiger partial charge < -0.3 is 9.84 Å². The minimum atomic E-state index is -0.424. The number of nitrogens with zero attached hydrogens (tertiary/aromatic N) is 2. The van der Waals surface area contributed by atoms with E-state index in [1.165, 1.54) is 7.11 Å². The fourth-order valence-corrected chi connectivity index (χ4v) is 1.47. The maximum atomic E-state index is 11.4. The molecule has 5 nitrogen and oxygen atoms in total. The predicted octanol–water partition coefficient (Wildman–Crippen LogP) is 0.440. The Morgan fingerprint density at radius 3 is 2.80 bits per heavy atom. The second kappa shape index (κ2) is 4.93. The van der Waals surface area contributed by atoms with Gasteiger partial charge in [0.1, 0.15) is 0 Å². The summed E-state index contributed by atoms with van der Waals surface area (Å²) in [7, 11) is 3.12. The van der Waals surface area contributed by atoms with Crippen molar-refractivity contribution in [3.63, 3.8) is 0 Å². The molecule has 1 heterocycles. The molecule has 0 fully saturated rings. The normalized spacial score (nSPS) is 10.4. The first-order valence-electron chi connectivity index (χ1n) is 4.83. The van der Waals surface area contributed by atoms with E-state index >= 15 is 0 Å². The van der Waals surface area contributed by atoms with Gasteiger partial charge in [0.15, 0.2) is 5.69 Å². The molecule has 1 aromatic heterocycles. The van der Waals surface area contributed by atoms with Gasteiger partial charge in [-0.05, 0) is 19.8 Å². The van der Waals surface area contributed by atoms with E-state index in [1.54, 1.807) is 11.7 Å². The summed E-state index contributed by atoms with van der Waals surface area (Å²) in [6.07, 6.45) is 1.26. The van der Waals surface area contributed by atoms with Crippen LogP contribution >= 0.6 is 0 Å². The van der Waals surface area contributed by atoms with Crippen LogP contribution in [0.15, 0.2) is 0 Å². The van der Waals surface area contributed by atoms with E-state index in [0.717, 1.165) is 11.3 Å². The number of esters is 1. The zero-order chi connectivity index (χ0) is 11.4. The first-order chi connectivity index (χ1) is 7.11. The number of aryl methyl sites for hydroxylation is 1. The number of ether oxygens (including phenoxy) is 1. The minimum Gasteiger partial charge on any atom is -0.464 e. The van der Waals surface area contributed by atoms with Crippen LogP contribution < -0.4 is 0 Å². The van der Waals surface area contributed by atoms with E-state index in [-0.39, 0.29) is 6.61 Å². The van der Waals surface area contributed by atoms with E-state index in [1.807, 2.05) is 6.92 Å². The third-order valence-corrected chi connectivity index (χ3v) is 2.42. The Morgan fingerprint density at radius 1 is 1.60 bits per heavy atom. The number of rotatable bonds is 4. The average molecular weight is 212 g/mol. The predicted molar refractivity (Wildman–Crippen MR) is 54.7 cm³/mol. The summed E-state index contributed by atoms with van der Waals surface area (Å²) in [5.74, 6) is -0.424. The van der Waals surface area contributed by atoms with Crippen LogP contribution in [0.2, 0.25) is 0 Å². The summed E-state index contributed by atoms with van der Waals surface area (Å²) < 4.78 is 6.30. The van der Waals surface area contributed by atoms with Crippen LogP contribution in [0.4, 0.5) is 0 Å². The van der Waals surface area contributed by atoms with Crippen LogP contribution in [0.1, 0.15) is 28.2 Å². The molecule has 0 unspecified atom stereocenters. The van der Waals surface area contributed by atoms with Gasteiger partial charge in [0.25, 0.3) is 0 Å². The summed E-state index contributed by atoms with van der Waals surface area (Å²) in [6.45, 7) is 2.00. The van der Waals surface area contributed by atoms with Crippen molar-refractivity contribution in [3.8, 4) is 0 Å². The number of methoxy groups -OCH3 is 1. The van der Waals surface area contributed by atoms with Gasteiger partial charge in [-0.2, -0.15) is 5.10 Å². The van der Waals surface area contributed by atoms with Gasteiger partial charge in [-0.15, -0.1) is 0 Å². The molecule has 0 saturated heterocycles. The van der Waals surface area contributed by atoms with Gasteiger partial charge in [0.2, 0.25) is 0 Å². The number of aromatic nitrogens is 2. The highest BCUT2D eigenvalue weighted by atomic mass is 16.5. The molecule has 0 aliphatic heterocycles. The fourth-order valence-electron chi connectivity index (χ4n) is 1.47. The number of aliphatic hydroxyl groups excluding tert-OH is 1. The maximum absolute atomic E-state index is 11.4. The van der Waals surface area contributed by atoms with Gasteiger partial charge >= 0.3 is 5.97 Å². The van der Waals surface area contributed by atoms with Crippen molar-refractivity contribution in [2.24, 2.45) is 7.05 Å². The first-order valence-corrected chi connectivity index (χ1v) is 4.83. The Balaban J connectivity index is 3.03. The molecule has 0 spiro atoms. The Bertz CT molecular complexity index is 358. The zero-order valence-corrected chi connectivity index (χ0v) is 9.28. The van der Waals surface area contributed by atoms with Crippen LogP contribution in [-0.2, 0) is 18.2 Å². The van der Waals surface area contributed by atoms with Crippen molar-refractivity contribution in [1.29, 1.82) is 0 Å². The van der Waals surface area contributed by atoms with Crippen molar-refractivity contribution in [3.05, 3.63) is 17.0 Å². The van der Waals surface area contributed by atoms with Crippen molar-refractivity contribution in [2.75, 3.05) is 13.7 Å². The molecule has 1 N–H and O–H groups in total. The van der Waals surface area contributed by atoms with Crippen LogP contribution in [0, 0.1) is 6.92 Å². The lowest BCUT2D eigenvalue weighted by atomic mass is 10.1. The number of carbonyl (C=O) groups is 1. The summed E-state index contributed by atoms with van der Waals surface area (Å²) in [5.41, 5.74) is 2.15. The molecular formula is C10H16N2O3. The van der Waals surface area contributed by atoms with E-state index in [4.69, 9.17) is 5.11 Å². The molecule has 5 heteroatoms. The second-order valence-electron chi connectivity index (χ2n) is 3.35. The number of hydrogen-bond acceptors (Lipinski definition) is 4. The molecule has 84 valence electrons. The highest BCUT2D eigenvalue weighted by molar-refractivity contribution is 5.89. The topological polar surface area (TPSA) is 64.3 Å². The largest absolute Gasteiger partial charge is 0.464 e. The SMILES string of the molecule is COC(=O)c1nn(C)c(C)c1CCCO. The summed E-state index contributed by atoms with van der Waals surface area (Å²) in [6, 6.07) is 0. The van der Waals surface area contributed by atoms with Gasteiger partial charge in [-0.25, -0.2) is 4.79 Å². The third kappa shape index (κ3) is 2.36. The number of hydrogen-bond donors (Lipinski definition) is 1. The molecule has 0 aliphatic rings. The maximum Gasteiger partial charge on any atom is 0.358 e. The van der Waals surface area contributed by atoms with Gasteiger partial charge in [-0.1, -0.05) is 0 Å². The van der Waals surface area contributed by atoms with Crippen LogP contribution in [0.5, 0.6) is 0 Å². The molecule has 1 aromatic rings. The van der Waals surface area contributed by atoms with E-state index in [0.29, 0.717) is 18.5 Å². The smallest absolute Gasteiger partial charge is 0.358 e. The quantitative estimate of drug-likeness (QED) is 0.735. The molecule has 1 rings (SSSR count). The summed E-state index contributed by atoms with van der Waals surface area (Å²) in [4.78, 5) is 11.4. The molecule has 0 aromatic carbocycles. The monoisotopic (exact) mass is 212 g/mol. The molecule has 0 radical (unpaired) electrons. The van der Waals surface area contributed by atoms with Crippen LogP contribution in [0.25, 0.3) is 0 Å². The van der Waals surface area contributed by atoms with Gasteiger partial charge in [0.05, 0.1) is 7.11 Å². The van der Waals surface area contributed by atoms with E-state index in [9.17, 15) is 4.79 Å². The zero-order valence-electron chi connectivity index (χ0n) is 9.28. The molecule has 0 aliphatic carbocycles. The second-order valence-corrected chi connectivity index (χ2v) is 3.35. The Hall–Kier alpha value is -1.36. The van der Waals surface area contributed by atoms with Crippen molar-refractivity contribution in [1.82, 2.24) is 9.78 Å². The fraction of sp³-hybridized carbons (Fsp3) is 0.600. The first kappa shape index (κ1) is 11.7. The van der Waals surface area contributed by atoms with E-state index < -0.39 is 5.97 Å². The lowest BCUT2D eigenvalue weighted by Gasteiger charge is -2.01. The summed E-state index contributed by atoms with van der Waals surface area (Å²) >= 11 is 0. The van der Waals surface area contributed by atoms with Crippen LogP contribution in [-0.4, -0.2) is 34.6 Å². The van der Waals surface area contributed by atoms with Crippen molar-refractivity contribution >= 4 is 5.97 Å². The molecular weight excluding hydrogens is 196 g/mol. The van der Waals surface area contributed by atoms with Gasteiger partial charge in [-0.3, -0.25) is 4.68 Å². The molecule has 15 heavy (non-hydrogen) atoms. The number of aliphatic hydroxyl groups is 1. The highest BCUT2D eigenvalue weighted by Gasteiger charge is 2.19. The minimum absolute atomic E-state index is 0.106. The third-order valence-electron chi connectivity index (χ3n) is 2.42. The average Bonchev–Trinajstić information content (AvgIpc) is 2.52. The Labute approximate surface area is 88.7 Å². The molecule has 0 bridgehead atoms. The highest BCUT2D eigenvalue weighted by Crippen LogP contribution is 2.15. The lowest BCUT2D eigenvalue weighted by molar-refractivity contribution is 0.0591. The van der Waals surface area contributed by atoms with Crippen molar-refractivity contribution in [2.45, 2.75) is 19.8 Å².